The SMILES string of the molecule is CN(C/C=C/C(=O)N1CCC(Nc2nnc(C(N)=O)c(Nc3ccc(C(=O)N4CCOCC4)cc3)n2)C1)C1CC1. The van der Waals surface area contributed by atoms with E-state index < -0.39 is 5.91 Å². The maximum atomic E-state index is 12.7. The van der Waals surface area contributed by atoms with Gasteiger partial charge in [-0.2, -0.15) is 4.98 Å². The third kappa shape index (κ3) is 6.90. The van der Waals surface area contributed by atoms with Gasteiger partial charge in [0.05, 0.1) is 13.2 Å². The number of likely N-dealkylation sites (tertiary alicyclic amines) is 1. The molecule has 2 aliphatic heterocycles. The number of carbonyl (C=O) groups excluding carboxylic acids is 3. The van der Waals surface area contributed by atoms with E-state index >= 15 is 0 Å². The first-order chi connectivity index (χ1) is 19.4. The first-order valence-electron chi connectivity index (χ1n) is 13.6. The Balaban J connectivity index is 1.19. The number of anilines is 3. The number of likely N-dealkylation sites (N-methyl/N-ethyl adjacent to an activating group) is 1. The molecule has 2 saturated heterocycles. The van der Waals surface area contributed by atoms with Gasteiger partial charge in [-0.15, -0.1) is 10.2 Å². The third-order valence-electron chi connectivity index (χ3n) is 7.27. The van der Waals surface area contributed by atoms with Crippen LogP contribution in [-0.4, -0.2) is 113 Å². The number of nitrogens with two attached hydrogens (primary N) is 1. The van der Waals surface area contributed by atoms with Crippen LogP contribution in [0.3, 0.4) is 0 Å². The molecule has 1 unspecified atom stereocenters. The van der Waals surface area contributed by atoms with Crippen molar-refractivity contribution in [2.45, 2.75) is 31.3 Å². The molecule has 5 rings (SSSR count). The normalized spacial score (nSPS) is 19.3. The predicted molar refractivity (Wildman–Crippen MR) is 148 cm³/mol. The van der Waals surface area contributed by atoms with Crippen LogP contribution >= 0.6 is 0 Å². The van der Waals surface area contributed by atoms with Crippen molar-refractivity contribution in [3.63, 3.8) is 0 Å². The largest absolute Gasteiger partial charge is 0.378 e. The van der Waals surface area contributed by atoms with E-state index in [0.717, 1.165) is 13.0 Å². The van der Waals surface area contributed by atoms with E-state index in [0.29, 0.717) is 56.7 Å². The van der Waals surface area contributed by atoms with Gasteiger partial charge in [0, 0.05) is 62.1 Å². The first kappa shape index (κ1) is 27.5. The van der Waals surface area contributed by atoms with Gasteiger partial charge in [-0.05, 0) is 50.6 Å². The minimum Gasteiger partial charge on any atom is -0.378 e. The van der Waals surface area contributed by atoms with Gasteiger partial charge >= 0.3 is 0 Å². The minimum atomic E-state index is -0.773. The Hall–Kier alpha value is -4.10. The Kier molecular flexibility index (Phi) is 8.51. The van der Waals surface area contributed by atoms with Crippen molar-refractivity contribution in [3.05, 3.63) is 47.7 Å². The summed E-state index contributed by atoms with van der Waals surface area (Å²) in [6.45, 7) is 4.07. The highest BCUT2D eigenvalue weighted by molar-refractivity contribution is 5.97. The average molecular weight is 550 g/mol. The number of nitrogens with one attached hydrogen (secondary N) is 2. The molecule has 13 heteroatoms. The number of primary amides is 1. The summed E-state index contributed by atoms with van der Waals surface area (Å²) in [7, 11) is 2.08. The first-order valence-corrected chi connectivity index (χ1v) is 13.6. The molecule has 2 aromatic rings. The Morgan fingerprint density at radius 2 is 1.82 bits per heavy atom. The van der Waals surface area contributed by atoms with E-state index in [1.165, 1.54) is 12.8 Å². The molecule has 1 atom stereocenters. The lowest BCUT2D eigenvalue weighted by atomic mass is 10.1. The highest BCUT2D eigenvalue weighted by Gasteiger charge is 2.27. The standard InChI is InChI=1S/C27H35N9O4/c1-34(21-8-9-21)11-2-3-22(37)36-12-10-20(17-36)30-27-31-25(23(24(28)38)32-33-27)29-19-6-4-18(5-7-19)26(39)35-13-15-40-16-14-35/h2-7,20-21H,8-17H2,1H3,(H2,28,38)(H2,29,30,31,33)/b3-2+. The zero-order chi connectivity index (χ0) is 28.1. The molecule has 3 fully saturated rings. The van der Waals surface area contributed by atoms with Crippen molar-refractivity contribution in [2.75, 3.05) is 63.6 Å². The highest BCUT2D eigenvalue weighted by atomic mass is 16.5. The number of nitrogens with zero attached hydrogens (tertiary/aromatic N) is 6. The van der Waals surface area contributed by atoms with Crippen LogP contribution < -0.4 is 16.4 Å². The lowest BCUT2D eigenvalue weighted by molar-refractivity contribution is -0.125. The van der Waals surface area contributed by atoms with E-state index in [1.54, 1.807) is 40.1 Å². The molecule has 3 heterocycles. The Morgan fingerprint density at radius 3 is 2.52 bits per heavy atom. The number of rotatable bonds is 10. The quantitative estimate of drug-likeness (QED) is 0.363. The molecule has 1 aliphatic carbocycles. The van der Waals surface area contributed by atoms with Gasteiger partial charge in [0.25, 0.3) is 11.8 Å². The highest BCUT2D eigenvalue weighted by Crippen LogP contribution is 2.25. The number of carbonyl (C=O) groups is 3. The van der Waals surface area contributed by atoms with E-state index in [2.05, 4.69) is 37.8 Å². The molecule has 4 N–H and O–H groups in total. The summed E-state index contributed by atoms with van der Waals surface area (Å²) in [4.78, 5) is 47.5. The van der Waals surface area contributed by atoms with Crippen LogP contribution in [0.2, 0.25) is 0 Å². The molecule has 3 aliphatic rings. The number of amides is 3. The van der Waals surface area contributed by atoms with E-state index in [-0.39, 0.29) is 35.3 Å². The molecule has 1 aromatic heterocycles. The average Bonchev–Trinajstić information content (AvgIpc) is 3.72. The lowest BCUT2D eigenvalue weighted by Gasteiger charge is -2.26. The number of hydrogen-bond acceptors (Lipinski definition) is 10. The number of hydrogen-bond donors (Lipinski definition) is 3. The smallest absolute Gasteiger partial charge is 0.273 e. The number of aromatic nitrogens is 3. The summed E-state index contributed by atoms with van der Waals surface area (Å²) in [5.41, 5.74) is 6.55. The second-order valence-electron chi connectivity index (χ2n) is 10.3. The maximum Gasteiger partial charge on any atom is 0.273 e. The van der Waals surface area contributed by atoms with Gasteiger partial charge in [0.15, 0.2) is 11.5 Å². The zero-order valence-corrected chi connectivity index (χ0v) is 22.6. The summed E-state index contributed by atoms with van der Waals surface area (Å²) in [6, 6.07) is 7.46. The molecule has 0 bridgehead atoms. The number of benzene rings is 1. The van der Waals surface area contributed by atoms with Crippen molar-refractivity contribution in [1.29, 1.82) is 0 Å². The topological polar surface area (TPSA) is 159 Å². The fraction of sp³-hybridized carbons (Fsp3) is 0.481. The van der Waals surface area contributed by atoms with Crippen LogP contribution in [0.25, 0.3) is 0 Å². The van der Waals surface area contributed by atoms with Gasteiger partial charge in [0.1, 0.15) is 0 Å². The van der Waals surface area contributed by atoms with Crippen LogP contribution in [0.1, 0.15) is 40.1 Å². The molecule has 0 radical (unpaired) electrons. The van der Waals surface area contributed by atoms with E-state index in [9.17, 15) is 14.4 Å². The molecule has 13 nitrogen and oxygen atoms in total. The van der Waals surface area contributed by atoms with Crippen molar-refractivity contribution in [1.82, 2.24) is 29.9 Å². The van der Waals surface area contributed by atoms with Crippen LogP contribution in [0.15, 0.2) is 36.4 Å². The Labute approximate surface area is 232 Å². The molecular weight excluding hydrogens is 514 g/mol. The Morgan fingerprint density at radius 1 is 1.07 bits per heavy atom. The predicted octanol–water partition coefficient (Wildman–Crippen LogP) is 0.850. The van der Waals surface area contributed by atoms with E-state index in [4.69, 9.17) is 10.5 Å². The van der Waals surface area contributed by atoms with Gasteiger partial charge < -0.3 is 30.9 Å². The number of ether oxygens (including phenoxy) is 1. The third-order valence-corrected chi connectivity index (χ3v) is 7.27. The summed E-state index contributed by atoms with van der Waals surface area (Å²) in [6.07, 6.45) is 6.75. The summed E-state index contributed by atoms with van der Waals surface area (Å²) in [5, 5.41) is 14.3. The second-order valence-corrected chi connectivity index (χ2v) is 10.3. The molecular formula is C27H35N9O4. The molecule has 212 valence electrons. The molecule has 3 amide bonds. The molecule has 0 spiro atoms. The molecule has 1 saturated carbocycles. The monoisotopic (exact) mass is 549 g/mol. The summed E-state index contributed by atoms with van der Waals surface area (Å²) in [5.74, 6) is -0.495. The molecule has 1 aromatic carbocycles. The van der Waals surface area contributed by atoms with Gasteiger partial charge in [-0.25, -0.2) is 0 Å². The van der Waals surface area contributed by atoms with Crippen LogP contribution in [0.4, 0.5) is 17.5 Å². The maximum absolute atomic E-state index is 12.7. The Bertz CT molecular complexity index is 1260. The second kappa shape index (κ2) is 12.4. The zero-order valence-electron chi connectivity index (χ0n) is 22.6. The molecule has 40 heavy (non-hydrogen) atoms. The minimum absolute atomic E-state index is 0.0190. The van der Waals surface area contributed by atoms with Crippen molar-refractivity contribution in [3.8, 4) is 0 Å². The summed E-state index contributed by atoms with van der Waals surface area (Å²) < 4.78 is 5.31. The van der Waals surface area contributed by atoms with Crippen molar-refractivity contribution < 1.29 is 19.1 Å². The fourth-order valence-corrected chi connectivity index (χ4v) is 4.77. The van der Waals surface area contributed by atoms with Crippen LogP contribution in [0.5, 0.6) is 0 Å². The fourth-order valence-electron chi connectivity index (χ4n) is 4.77. The lowest BCUT2D eigenvalue weighted by Crippen LogP contribution is -2.40. The van der Waals surface area contributed by atoms with Crippen LogP contribution in [0, 0.1) is 0 Å². The van der Waals surface area contributed by atoms with Crippen molar-refractivity contribution in [2.24, 2.45) is 5.73 Å². The van der Waals surface area contributed by atoms with E-state index in [1.807, 2.05) is 6.08 Å². The summed E-state index contributed by atoms with van der Waals surface area (Å²) >= 11 is 0. The van der Waals surface area contributed by atoms with Gasteiger partial charge in [-0.3, -0.25) is 19.3 Å². The van der Waals surface area contributed by atoms with Crippen molar-refractivity contribution >= 4 is 35.2 Å². The van der Waals surface area contributed by atoms with Crippen LogP contribution in [-0.2, 0) is 9.53 Å². The van der Waals surface area contributed by atoms with Gasteiger partial charge in [-0.1, -0.05) is 6.08 Å². The number of morpholine rings is 1. The van der Waals surface area contributed by atoms with Gasteiger partial charge in [0.2, 0.25) is 11.9 Å².